The quantitative estimate of drug-likeness (QED) is 0.731. The van der Waals surface area contributed by atoms with Crippen LogP contribution in [0.1, 0.15) is 13.8 Å². The molecule has 1 heterocycles. The Morgan fingerprint density at radius 3 is 1.90 bits per heavy atom. The van der Waals surface area contributed by atoms with Gasteiger partial charge in [0.2, 0.25) is 0 Å². The standard InChI is InChI=1S/C17H18N4/c1-13(2)17(20(3)14-9-5-4-6-10-14)21-18-15-11-7-8-12-16(15)19-21/h4-12H,1-3H3. The van der Waals surface area contributed by atoms with Crippen LogP contribution in [0.5, 0.6) is 0 Å². The number of benzene rings is 2. The summed E-state index contributed by atoms with van der Waals surface area (Å²) < 4.78 is 0. The van der Waals surface area contributed by atoms with Gasteiger partial charge in [0, 0.05) is 12.7 Å². The number of rotatable bonds is 3. The van der Waals surface area contributed by atoms with Gasteiger partial charge in [0.1, 0.15) is 11.0 Å². The Labute approximate surface area is 124 Å². The van der Waals surface area contributed by atoms with Crippen LogP contribution in [0.2, 0.25) is 0 Å². The maximum absolute atomic E-state index is 4.59. The molecule has 0 amide bonds. The second-order valence-electron chi connectivity index (χ2n) is 5.20. The van der Waals surface area contributed by atoms with Crippen LogP contribution in [-0.4, -0.2) is 22.0 Å². The smallest absolute Gasteiger partial charge is 0.153 e. The van der Waals surface area contributed by atoms with Gasteiger partial charge >= 0.3 is 0 Å². The molecule has 0 radical (unpaired) electrons. The van der Waals surface area contributed by atoms with E-state index in [4.69, 9.17) is 0 Å². The van der Waals surface area contributed by atoms with Crippen molar-refractivity contribution in [3.63, 3.8) is 0 Å². The van der Waals surface area contributed by atoms with Crippen molar-refractivity contribution in [1.29, 1.82) is 0 Å². The number of fused-ring (bicyclic) bond motifs is 1. The van der Waals surface area contributed by atoms with Gasteiger partial charge in [-0.1, -0.05) is 30.3 Å². The van der Waals surface area contributed by atoms with Gasteiger partial charge in [-0.25, -0.2) is 0 Å². The van der Waals surface area contributed by atoms with Crippen molar-refractivity contribution in [1.82, 2.24) is 15.0 Å². The summed E-state index contributed by atoms with van der Waals surface area (Å²) in [6.45, 7) is 4.14. The Kier molecular flexibility index (Phi) is 3.44. The van der Waals surface area contributed by atoms with Crippen LogP contribution in [0, 0.1) is 0 Å². The molecule has 3 aromatic rings. The highest BCUT2D eigenvalue weighted by Crippen LogP contribution is 2.22. The van der Waals surface area contributed by atoms with E-state index in [0.29, 0.717) is 0 Å². The third-order valence-corrected chi connectivity index (χ3v) is 3.38. The summed E-state index contributed by atoms with van der Waals surface area (Å²) >= 11 is 0. The zero-order valence-electron chi connectivity index (χ0n) is 12.5. The van der Waals surface area contributed by atoms with Gasteiger partial charge in [0.15, 0.2) is 5.82 Å². The molecular formula is C17H18N4. The fraction of sp³-hybridized carbons (Fsp3) is 0.176. The summed E-state index contributed by atoms with van der Waals surface area (Å²) in [4.78, 5) is 3.82. The van der Waals surface area contributed by atoms with Gasteiger partial charge in [-0.2, -0.15) is 0 Å². The molecule has 0 N–H and O–H groups in total. The van der Waals surface area contributed by atoms with E-state index in [-0.39, 0.29) is 0 Å². The molecule has 0 fully saturated rings. The van der Waals surface area contributed by atoms with Crippen LogP contribution in [0.25, 0.3) is 16.9 Å². The minimum Gasteiger partial charge on any atom is -0.328 e. The van der Waals surface area contributed by atoms with Crippen molar-refractivity contribution in [3.05, 3.63) is 60.2 Å². The maximum atomic E-state index is 4.59. The Hall–Kier alpha value is -2.62. The minimum atomic E-state index is 0.901. The van der Waals surface area contributed by atoms with E-state index in [1.54, 1.807) is 4.80 Å². The summed E-state index contributed by atoms with van der Waals surface area (Å²) in [5.74, 6) is 0.970. The molecule has 3 rings (SSSR count). The van der Waals surface area contributed by atoms with E-state index in [9.17, 15) is 0 Å². The molecule has 106 valence electrons. The van der Waals surface area contributed by atoms with E-state index >= 15 is 0 Å². The lowest BCUT2D eigenvalue weighted by Crippen LogP contribution is -2.22. The van der Waals surface area contributed by atoms with Crippen molar-refractivity contribution in [2.45, 2.75) is 13.8 Å². The monoisotopic (exact) mass is 278 g/mol. The highest BCUT2D eigenvalue weighted by molar-refractivity contribution is 5.76. The number of para-hydroxylation sites is 1. The zero-order valence-corrected chi connectivity index (χ0v) is 12.5. The first kappa shape index (κ1) is 13.4. The van der Waals surface area contributed by atoms with Gasteiger partial charge < -0.3 is 4.90 Å². The number of nitrogens with zero attached hydrogens (tertiary/aromatic N) is 4. The number of allylic oxidation sites excluding steroid dienone is 1. The topological polar surface area (TPSA) is 34.0 Å². The van der Waals surface area contributed by atoms with E-state index in [0.717, 1.165) is 28.1 Å². The molecule has 4 heteroatoms. The van der Waals surface area contributed by atoms with Gasteiger partial charge in [0.05, 0.1) is 0 Å². The van der Waals surface area contributed by atoms with E-state index < -0.39 is 0 Å². The van der Waals surface area contributed by atoms with Crippen LogP contribution < -0.4 is 4.90 Å². The minimum absolute atomic E-state index is 0.901. The molecule has 0 saturated carbocycles. The van der Waals surface area contributed by atoms with Gasteiger partial charge in [-0.3, -0.25) is 0 Å². The van der Waals surface area contributed by atoms with E-state index in [1.165, 1.54) is 0 Å². The third-order valence-electron chi connectivity index (χ3n) is 3.38. The normalized spacial score (nSPS) is 10.6. The van der Waals surface area contributed by atoms with Crippen LogP contribution >= 0.6 is 0 Å². The fourth-order valence-corrected chi connectivity index (χ4v) is 2.40. The highest BCUT2D eigenvalue weighted by Gasteiger charge is 2.14. The third kappa shape index (κ3) is 2.52. The molecule has 0 bridgehead atoms. The molecule has 0 saturated heterocycles. The van der Waals surface area contributed by atoms with Gasteiger partial charge in [-0.15, -0.1) is 15.0 Å². The first-order chi connectivity index (χ1) is 10.2. The second-order valence-corrected chi connectivity index (χ2v) is 5.20. The summed E-state index contributed by atoms with van der Waals surface area (Å²) in [6, 6.07) is 18.1. The Morgan fingerprint density at radius 1 is 0.857 bits per heavy atom. The van der Waals surface area contributed by atoms with Crippen molar-refractivity contribution >= 4 is 22.5 Å². The van der Waals surface area contributed by atoms with Crippen LogP contribution in [0.15, 0.2) is 60.2 Å². The van der Waals surface area contributed by atoms with E-state index in [2.05, 4.69) is 41.1 Å². The number of anilines is 1. The van der Waals surface area contributed by atoms with Crippen LogP contribution in [0.3, 0.4) is 0 Å². The SMILES string of the molecule is CC(C)=C(N(C)c1ccccc1)n1nc2ccccc2n1. The molecule has 21 heavy (non-hydrogen) atoms. The number of aromatic nitrogens is 3. The highest BCUT2D eigenvalue weighted by atomic mass is 15.5. The summed E-state index contributed by atoms with van der Waals surface area (Å²) in [6.07, 6.45) is 0. The zero-order chi connectivity index (χ0) is 14.8. The molecular weight excluding hydrogens is 260 g/mol. The van der Waals surface area contributed by atoms with Gasteiger partial charge in [0.25, 0.3) is 0 Å². The molecule has 0 aliphatic carbocycles. The molecule has 2 aromatic carbocycles. The molecule has 0 aliphatic heterocycles. The lowest BCUT2D eigenvalue weighted by atomic mass is 10.2. The van der Waals surface area contributed by atoms with Crippen molar-refractivity contribution in [2.75, 3.05) is 11.9 Å². The van der Waals surface area contributed by atoms with Crippen LogP contribution in [-0.2, 0) is 0 Å². The molecule has 0 aliphatic rings. The predicted molar refractivity (Wildman–Crippen MR) is 86.9 cm³/mol. The average Bonchev–Trinajstić information content (AvgIpc) is 2.91. The summed E-state index contributed by atoms with van der Waals surface area (Å²) in [7, 11) is 2.03. The van der Waals surface area contributed by atoms with Gasteiger partial charge in [-0.05, 0) is 43.7 Å². The maximum Gasteiger partial charge on any atom is 0.153 e. The Balaban J connectivity index is 2.09. The Morgan fingerprint density at radius 2 is 1.38 bits per heavy atom. The molecule has 0 unspecified atom stereocenters. The fourth-order valence-electron chi connectivity index (χ4n) is 2.40. The lowest BCUT2D eigenvalue weighted by Gasteiger charge is -2.23. The average molecular weight is 278 g/mol. The summed E-state index contributed by atoms with van der Waals surface area (Å²) in [5.41, 5.74) is 4.06. The lowest BCUT2D eigenvalue weighted by molar-refractivity contribution is 0.753. The summed E-state index contributed by atoms with van der Waals surface area (Å²) in [5, 5.41) is 9.17. The first-order valence-electron chi connectivity index (χ1n) is 6.95. The first-order valence-corrected chi connectivity index (χ1v) is 6.95. The van der Waals surface area contributed by atoms with Crippen molar-refractivity contribution in [2.24, 2.45) is 0 Å². The predicted octanol–water partition coefficient (Wildman–Crippen LogP) is 3.78. The second kappa shape index (κ2) is 5.40. The molecule has 0 spiro atoms. The molecule has 4 nitrogen and oxygen atoms in total. The van der Waals surface area contributed by atoms with Crippen LogP contribution in [0.4, 0.5) is 5.69 Å². The van der Waals surface area contributed by atoms with Crippen molar-refractivity contribution in [3.8, 4) is 0 Å². The number of hydrogen-bond donors (Lipinski definition) is 0. The number of hydrogen-bond acceptors (Lipinski definition) is 3. The molecule has 0 atom stereocenters. The van der Waals surface area contributed by atoms with E-state index in [1.807, 2.05) is 49.5 Å². The Bertz CT molecular complexity index is 750. The van der Waals surface area contributed by atoms with Crippen molar-refractivity contribution < 1.29 is 0 Å². The molecule has 1 aromatic heterocycles. The largest absolute Gasteiger partial charge is 0.328 e.